The molecule has 2 bridgehead atoms. The predicted molar refractivity (Wildman–Crippen MR) is 517 cm³/mol. The first-order valence-electron chi connectivity index (χ1n) is 51.7. The van der Waals surface area contributed by atoms with Gasteiger partial charge in [0.25, 0.3) is 0 Å². The molecule has 136 heavy (non-hydrogen) atoms. The molecule has 10 saturated heterocycles. The van der Waals surface area contributed by atoms with Crippen LogP contribution in [0, 0.1) is 47.3 Å². The first kappa shape index (κ1) is 108. The molecule has 766 valence electrons. The van der Waals surface area contributed by atoms with Gasteiger partial charge in [0.1, 0.15) is 35.1 Å². The fourth-order valence-electron chi connectivity index (χ4n) is 22.8. The van der Waals surface area contributed by atoms with Crippen LogP contribution in [-0.2, 0) is 66.6 Å². The summed E-state index contributed by atoms with van der Waals surface area (Å²) in [4.78, 5) is 86.9. The van der Waals surface area contributed by atoms with Crippen molar-refractivity contribution < 1.29 is 104 Å². The number of anilines is 4. The maximum absolute atomic E-state index is 12.2. The maximum atomic E-state index is 12.2. The number of quaternary nitrogens is 1. The van der Waals surface area contributed by atoms with Gasteiger partial charge >= 0.3 is 30.0 Å². The van der Waals surface area contributed by atoms with Crippen molar-refractivity contribution in [3.05, 3.63) is 47.3 Å². The Kier molecular flexibility index (Phi) is 39.9. The fraction of sp³-hybridized carbons (Fsp3) is 0.824. The van der Waals surface area contributed by atoms with E-state index in [9.17, 15) is 33.9 Å². The van der Waals surface area contributed by atoms with Crippen molar-refractivity contribution in [2.24, 2.45) is 47.3 Å². The summed E-state index contributed by atoms with van der Waals surface area (Å²) in [5.41, 5.74) is -0.474. The molecule has 14 fully saturated rings. The third-order valence-electron chi connectivity index (χ3n) is 31.4. The van der Waals surface area contributed by atoms with Crippen LogP contribution < -0.4 is 19.6 Å². The lowest BCUT2D eigenvalue weighted by atomic mass is 9.77. The topological polar surface area (TPSA) is 353 Å². The van der Waals surface area contributed by atoms with Crippen LogP contribution in [0.2, 0.25) is 0 Å². The average Bonchev–Trinajstić information content (AvgIpc) is 1.58. The van der Waals surface area contributed by atoms with Crippen molar-refractivity contribution in [2.75, 3.05) is 173 Å². The average molecular weight is 1930 g/mol. The highest BCUT2D eigenvalue weighted by atomic mass is 35.5. The molecule has 4 atom stereocenters. The van der Waals surface area contributed by atoms with Gasteiger partial charge in [0.05, 0.1) is 103 Å². The Morgan fingerprint density at radius 2 is 0.676 bits per heavy atom. The van der Waals surface area contributed by atoms with Crippen LogP contribution in [0.3, 0.4) is 0 Å². The summed E-state index contributed by atoms with van der Waals surface area (Å²) < 4.78 is 74.6. The third-order valence-corrected chi connectivity index (χ3v) is 31.4. The number of aliphatic hydroxyl groups excluding tert-OH is 2. The summed E-state index contributed by atoms with van der Waals surface area (Å²) in [6, 6.07) is 10.1. The highest BCUT2D eigenvalue weighted by molar-refractivity contribution is 5.85. The number of hydrogen-bond acceptors (Lipinski definition) is 31. The molecule has 14 heterocycles. The van der Waals surface area contributed by atoms with Crippen LogP contribution in [-0.4, -0.2) is 311 Å². The lowest BCUT2D eigenvalue weighted by molar-refractivity contribution is -0.937. The lowest BCUT2D eigenvalue weighted by Gasteiger charge is -2.46. The van der Waals surface area contributed by atoms with E-state index in [-0.39, 0.29) is 84.9 Å². The van der Waals surface area contributed by atoms with E-state index < -0.39 is 29.3 Å². The quantitative estimate of drug-likeness (QED) is 0.0290. The molecule has 4 aromatic rings. The number of halogens is 1. The Bertz CT molecular complexity index is 4150. The number of ketones is 1. The highest BCUT2D eigenvalue weighted by Gasteiger charge is 2.57. The summed E-state index contributed by atoms with van der Waals surface area (Å²) in [6.07, 6.45) is 29.5. The summed E-state index contributed by atoms with van der Waals surface area (Å²) in [5, 5.41) is 34.5. The van der Waals surface area contributed by atoms with E-state index in [0.717, 1.165) is 203 Å². The minimum Gasteiger partial charge on any atom is -0.468 e. The predicted octanol–water partition coefficient (Wildman–Crippen LogP) is 14.7. The SMILES string of the molecule is CCC1CC(N2CCC(OC3CCN(c4cc(C(C(=O)OC)C(C)C)on4)CC3)CC2)C1.COC(=O)C(c1cc(N2CCC(OC3CCN(C(=O)OC(C)(C)C)CC3)CC2)no1)C(C)C.COC(=O)C(c1cc(N2CCC(OC3CCN(C4CC(CO)C4)CC3)CC2)no1)C(C)C.COC(=O)C(c1cc(N2CCC(OC3CC[N+]4(CC3)CC3CC4C3)CC2)no1)C(C)C.Cl.O=C1CC(CO)C1. The molecule has 0 aromatic carbocycles. The molecule has 0 radical (unpaired) electrons. The Labute approximate surface area is 813 Å². The van der Waals surface area contributed by atoms with Gasteiger partial charge in [0.2, 0.25) is 0 Å². The number of carbonyl (C=O) groups is 6. The van der Waals surface area contributed by atoms with E-state index in [1.54, 1.807) is 4.90 Å². The maximum Gasteiger partial charge on any atom is 0.410 e. The van der Waals surface area contributed by atoms with E-state index in [2.05, 4.69) is 56.9 Å². The molecule has 18 rings (SSSR count). The van der Waals surface area contributed by atoms with Gasteiger partial charge in [-0.1, -0.05) is 89.4 Å². The summed E-state index contributed by atoms with van der Waals surface area (Å²) in [6.45, 7) is 41.5. The number of amides is 1. The van der Waals surface area contributed by atoms with Crippen LogP contribution in [0.5, 0.6) is 0 Å². The molecular formula is C102H166ClN12O21+. The van der Waals surface area contributed by atoms with E-state index in [4.69, 9.17) is 65.8 Å². The van der Waals surface area contributed by atoms with E-state index >= 15 is 0 Å². The molecule has 1 spiro atoms. The molecule has 4 saturated carbocycles. The molecular weight excluding hydrogens is 1760 g/mol. The molecule has 33 nitrogen and oxygen atoms in total. The number of ether oxygens (including phenoxy) is 9. The van der Waals surface area contributed by atoms with Crippen molar-refractivity contribution in [2.45, 2.75) is 340 Å². The van der Waals surface area contributed by atoms with Crippen molar-refractivity contribution in [1.29, 1.82) is 0 Å². The third kappa shape index (κ3) is 28.6. The molecule has 1 amide bonds. The van der Waals surface area contributed by atoms with Gasteiger partial charge in [-0.15, -0.1) is 12.4 Å². The van der Waals surface area contributed by atoms with Gasteiger partial charge in [-0.25, -0.2) is 4.79 Å². The Hall–Kier alpha value is -7.21. The number of Topliss-reactive ketones (excluding diaryl/α,β-unsaturated/α-hetero) is 1. The van der Waals surface area contributed by atoms with E-state index in [0.29, 0.717) is 116 Å². The molecule has 4 unspecified atom stereocenters. The summed E-state index contributed by atoms with van der Waals surface area (Å²) in [5.74, 6) is 6.06. The van der Waals surface area contributed by atoms with E-state index in [1.807, 2.05) is 100 Å². The zero-order valence-corrected chi connectivity index (χ0v) is 85.4. The summed E-state index contributed by atoms with van der Waals surface area (Å²) >= 11 is 0. The number of hydrogen-bond donors (Lipinski definition) is 2. The number of aliphatic hydroxyl groups is 2. The largest absolute Gasteiger partial charge is 0.468 e. The number of carbonyl (C=O) groups excluding carboxylic acids is 6. The molecule has 4 aliphatic carbocycles. The van der Waals surface area contributed by atoms with Gasteiger partial charge in [0.15, 0.2) is 46.3 Å². The summed E-state index contributed by atoms with van der Waals surface area (Å²) in [7, 11) is 5.63. The van der Waals surface area contributed by atoms with Crippen LogP contribution in [0.4, 0.5) is 28.1 Å². The number of methoxy groups -OCH3 is 4. The van der Waals surface area contributed by atoms with Crippen LogP contribution in [0.15, 0.2) is 42.4 Å². The minimum absolute atomic E-state index is 0. The van der Waals surface area contributed by atoms with Gasteiger partial charge in [-0.2, -0.15) is 0 Å². The number of esters is 4. The molecule has 4 aromatic heterocycles. The molecule has 10 aliphatic heterocycles. The van der Waals surface area contributed by atoms with Crippen molar-refractivity contribution >= 4 is 71.4 Å². The Morgan fingerprint density at radius 1 is 0.404 bits per heavy atom. The number of rotatable bonds is 29. The molecule has 14 aliphatic rings. The number of likely N-dealkylation sites (tertiary alicyclic amines) is 3. The Balaban J connectivity index is 0.000000158. The second-order valence-electron chi connectivity index (χ2n) is 43.4. The van der Waals surface area contributed by atoms with Crippen molar-refractivity contribution in [1.82, 2.24) is 35.3 Å². The molecule has 2 N–H and O–H groups in total. The van der Waals surface area contributed by atoms with Crippen LogP contribution in [0.1, 0.15) is 290 Å². The molecule has 34 heteroatoms. The smallest absolute Gasteiger partial charge is 0.410 e. The van der Waals surface area contributed by atoms with Gasteiger partial charge in [0, 0.05) is 186 Å². The second kappa shape index (κ2) is 50.5. The van der Waals surface area contributed by atoms with Gasteiger partial charge in [-0.05, 0) is 178 Å². The Morgan fingerprint density at radius 3 is 0.912 bits per heavy atom. The van der Waals surface area contributed by atoms with Crippen LogP contribution in [0.25, 0.3) is 0 Å². The minimum atomic E-state index is -0.474. The van der Waals surface area contributed by atoms with E-state index in [1.165, 1.54) is 123 Å². The highest BCUT2D eigenvalue weighted by Crippen LogP contribution is 2.49. The lowest BCUT2D eigenvalue weighted by Crippen LogP contribution is -2.55. The second-order valence-corrected chi connectivity index (χ2v) is 43.4. The number of piperidine rings is 8. The number of nitrogens with zero attached hydrogens (tertiary/aromatic N) is 12. The normalized spacial score (nSPS) is 26.3. The fourth-order valence-corrected chi connectivity index (χ4v) is 22.8. The van der Waals surface area contributed by atoms with Gasteiger partial charge in [-0.3, -0.25) is 24.0 Å². The van der Waals surface area contributed by atoms with Crippen molar-refractivity contribution in [3.63, 3.8) is 0 Å². The first-order chi connectivity index (χ1) is 64.8. The van der Waals surface area contributed by atoms with Crippen molar-refractivity contribution in [3.8, 4) is 0 Å². The monoisotopic (exact) mass is 1930 g/mol. The number of aromatic nitrogens is 4. The van der Waals surface area contributed by atoms with Crippen LogP contribution >= 0.6 is 12.4 Å². The first-order valence-corrected chi connectivity index (χ1v) is 51.7. The zero-order valence-electron chi connectivity index (χ0n) is 84.6. The van der Waals surface area contributed by atoms with Gasteiger partial charge < -0.3 is 110 Å². The standard InChI is InChI=1S/C25H41N3O4.C24H39N3O6.C24H39N3O5.C24H38N3O4.C5H8O2.ClH/c1-5-18-14-19(15-18)27-10-6-20(7-11-27)31-21-8-12-28(13-9-21)23-16-22(32-26-23)24(17(2)3)25(29)30-4;1-16(2)21(22(28)30-6)19-15-20(25-33-19)26-11-7-17(8-12-26)31-18-9-13-27(14-10-18)23(29)32-24(3,4)5;1-16(2)23(24(29)30-3)21-14-22(25-32-21)27-10-6-20(7-11-27)31-19-4-8-26(9-5-19)18-12-17(13-18)15-28;1-16(2)23(24(28)29-3)21-14-22(25-31-21)26-8-4-19(5-9-26)30-20-6-10-27(11-7-20)15-17-12-18(27)13-17;6-3-4-1-5(7)2-4;/h16-21,24H,5-15H2,1-4H3;15-18,21H,7-14H2,1-6H3;14,16-20,23,28H,4-13,15H2,1-3H3;14,16-20,23H,4-13,15H2,1-3H3;4,6H,1-3H2;1H/q;;;+1;;. The zero-order chi connectivity index (χ0) is 96.4.